The van der Waals surface area contributed by atoms with E-state index in [1.165, 1.54) is 24.6 Å². The number of thiazole rings is 1. The van der Waals surface area contributed by atoms with E-state index in [1.807, 2.05) is 35.1 Å². The van der Waals surface area contributed by atoms with Crippen LogP contribution < -0.4 is 15.4 Å². The minimum atomic E-state index is -4.44. The minimum absolute atomic E-state index is 0.0918. The van der Waals surface area contributed by atoms with Gasteiger partial charge in [0.1, 0.15) is 11.0 Å². The van der Waals surface area contributed by atoms with E-state index in [1.54, 1.807) is 26.0 Å². The Morgan fingerprint density at radius 3 is 2.23 bits per heavy atom. The second kappa shape index (κ2) is 13.9. The smallest absolute Gasteiger partial charge is 0.407 e. The van der Waals surface area contributed by atoms with Crippen LogP contribution in [0.5, 0.6) is 0 Å². The van der Waals surface area contributed by atoms with E-state index in [9.17, 15) is 22.8 Å². The number of hydrogen-bond donors (Lipinski definition) is 4. The van der Waals surface area contributed by atoms with Crippen molar-refractivity contribution in [1.82, 2.24) is 15.6 Å². The van der Waals surface area contributed by atoms with Gasteiger partial charge in [-0.05, 0) is 43.5 Å². The van der Waals surface area contributed by atoms with Crippen molar-refractivity contribution in [2.45, 2.75) is 44.9 Å². The molecule has 0 aliphatic heterocycles. The highest BCUT2D eigenvalue weighted by atomic mass is 32.2. The maximum atomic E-state index is 13.5. The van der Waals surface area contributed by atoms with Gasteiger partial charge in [-0.15, -0.1) is 11.3 Å². The Hall–Kier alpha value is -4.01. The summed E-state index contributed by atoms with van der Waals surface area (Å²) >= 11 is 1.16. The van der Waals surface area contributed by atoms with Gasteiger partial charge < -0.3 is 20.1 Å². The second-order valence-corrected chi connectivity index (χ2v) is 11.0. The Morgan fingerprint density at radius 2 is 1.62 bits per heavy atom. The van der Waals surface area contributed by atoms with Crippen molar-refractivity contribution in [2.24, 2.45) is 0 Å². The molecule has 1 aromatic heterocycles. The molecule has 40 heavy (non-hydrogen) atoms. The Kier molecular flexibility index (Phi) is 10.6. The zero-order valence-electron chi connectivity index (χ0n) is 22.0. The lowest BCUT2D eigenvalue weighted by atomic mass is 10.0. The molecule has 0 saturated carbocycles. The molecule has 0 aliphatic carbocycles. The number of alkyl carbamates (subject to hydrolysis) is 1. The normalized spacial score (nSPS) is 12.7. The first-order valence-corrected chi connectivity index (χ1v) is 14.4. The van der Waals surface area contributed by atoms with Crippen LogP contribution in [0.1, 0.15) is 46.5 Å². The summed E-state index contributed by atoms with van der Waals surface area (Å²) in [5.41, 5.74) is 1.73. The molecule has 4 N–H and O–H groups in total. The van der Waals surface area contributed by atoms with Crippen LogP contribution in [0, 0.1) is 0 Å². The zero-order valence-corrected chi connectivity index (χ0v) is 23.6. The molecular formula is C26H30N4O8S2. The van der Waals surface area contributed by atoms with Crippen LogP contribution in [0.25, 0.3) is 0 Å². The second-order valence-electron chi connectivity index (χ2n) is 8.94. The first kappa shape index (κ1) is 30.5. The predicted octanol–water partition coefficient (Wildman–Crippen LogP) is 3.29. The van der Waals surface area contributed by atoms with E-state index in [4.69, 9.17) is 14.0 Å². The minimum Gasteiger partial charge on any atom is -0.458 e. The highest BCUT2D eigenvalue weighted by Gasteiger charge is 2.27. The number of nitrogens with zero attached hydrogens (tertiary/aromatic N) is 1. The SMILES string of the molecule is COC(=O)N[C@@H](Cc1ccccc1)C(=O)N[C@@H](Cc1ccc(NS(=O)(=O)O)cc1)c1nc(C(=O)OC(C)C)cs1. The van der Waals surface area contributed by atoms with Crippen LogP contribution in [0.15, 0.2) is 60.0 Å². The topological polar surface area (TPSA) is 173 Å². The number of anilines is 1. The summed E-state index contributed by atoms with van der Waals surface area (Å²) in [4.78, 5) is 42.3. The number of hydrogen-bond acceptors (Lipinski definition) is 9. The number of carbonyl (C=O) groups is 3. The first-order valence-electron chi connectivity index (χ1n) is 12.1. The third kappa shape index (κ3) is 9.63. The van der Waals surface area contributed by atoms with E-state index < -0.39 is 40.4 Å². The molecule has 0 aliphatic rings. The van der Waals surface area contributed by atoms with Crippen LogP contribution >= 0.6 is 11.3 Å². The van der Waals surface area contributed by atoms with Crippen LogP contribution in [0.2, 0.25) is 0 Å². The third-order valence-electron chi connectivity index (χ3n) is 5.41. The van der Waals surface area contributed by atoms with Crippen LogP contribution in [0.4, 0.5) is 10.5 Å². The van der Waals surface area contributed by atoms with Gasteiger partial charge in [0.05, 0.1) is 24.9 Å². The Bertz CT molecular complexity index is 1410. The zero-order chi connectivity index (χ0) is 29.3. The van der Waals surface area contributed by atoms with Crippen molar-refractivity contribution in [3.05, 3.63) is 81.8 Å². The van der Waals surface area contributed by atoms with Gasteiger partial charge in [0, 0.05) is 11.8 Å². The van der Waals surface area contributed by atoms with Gasteiger partial charge in [-0.1, -0.05) is 42.5 Å². The van der Waals surface area contributed by atoms with Gasteiger partial charge in [0.25, 0.3) is 0 Å². The monoisotopic (exact) mass is 590 g/mol. The fourth-order valence-electron chi connectivity index (χ4n) is 3.64. The Morgan fingerprint density at radius 1 is 0.975 bits per heavy atom. The van der Waals surface area contributed by atoms with Crippen LogP contribution in [0.3, 0.4) is 0 Å². The van der Waals surface area contributed by atoms with Crippen molar-refractivity contribution in [2.75, 3.05) is 11.8 Å². The fourth-order valence-corrected chi connectivity index (χ4v) is 4.91. The maximum Gasteiger partial charge on any atom is 0.407 e. The summed E-state index contributed by atoms with van der Waals surface area (Å²) in [6.07, 6.45) is -0.719. The molecule has 2 aromatic carbocycles. The number of esters is 1. The standard InChI is InChI=1S/C26H30N4O8S2/c1-16(2)38-25(32)22-15-39-24(28-22)21(14-18-9-11-19(12-10-18)30-40(34,35)36)27-23(31)20(29-26(33)37-3)13-17-7-5-4-6-8-17/h4-12,15-16,20-21,30H,13-14H2,1-3H3,(H,27,31)(H,29,33)(H,34,35,36)/t20-,21-/m0/s1. The molecule has 14 heteroatoms. The molecule has 12 nitrogen and oxygen atoms in total. The lowest BCUT2D eigenvalue weighted by molar-refractivity contribution is -0.123. The number of methoxy groups -OCH3 is 1. The summed E-state index contributed by atoms with van der Waals surface area (Å²) in [7, 11) is -3.24. The Balaban J connectivity index is 1.88. The van der Waals surface area contributed by atoms with Gasteiger partial charge in [-0.2, -0.15) is 8.42 Å². The molecule has 0 unspecified atom stereocenters. The summed E-state index contributed by atoms with van der Waals surface area (Å²) in [5, 5.41) is 7.42. The Labute approximate surface area is 236 Å². The number of ether oxygens (including phenoxy) is 2. The highest BCUT2D eigenvalue weighted by Crippen LogP contribution is 2.24. The van der Waals surface area contributed by atoms with Crippen LogP contribution in [-0.2, 0) is 37.4 Å². The molecule has 0 saturated heterocycles. The number of benzene rings is 2. The molecule has 1 heterocycles. The van der Waals surface area contributed by atoms with Crippen LogP contribution in [-0.4, -0.2) is 55.2 Å². The molecule has 3 aromatic rings. The van der Waals surface area contributed by atoms with Gasteiger partial charge in [-0.25, -0.2) is 14.6 Å². The average molecular weight is 591 g/mol. The van der Waals surface area contributed by atoms with Gasteiger partial charge >= 0.3 is 22.4 Å². The van der Waals surface area contributed by atoms with E-state index in [2.05, 4.69) is 15.6 Å². The number of aromatic nitrogens is 1. The predicted molar refractivity (Wildman–Crippen MR) is 148 cm³/mol. The number of rotatable bonds is 12. The number of carbonyl (C=O) groups excluding carboxylic acids is 3. The fraction of sp³-hybridized carbons (Fsp3) is 0.308. The molecule has 214 valence electrons. The van der Waals surface area contributed by atoms with Gasteiger partial charge in [0.15, 0.2) is 5.69 Å². The molecule has 2 atom stereocenters. The van der Waals surface area contributed by atoms with Crippen molar-refractivity contribution in [3.63, 3.8) is 0 Å². The lowest BCUT2D eigenvalue weighted by Crippen LogP contribution is -2.49. The first-order chi connectivity index (χ1) is 18.9. The van der Waals surface area contributed by atoms with Gasteiger partial charge in [-0.3, -0.25) is 14.1 Å². The number of amides is 2. The summed E-state index contributed by atoms with van der Waals surface area (Å²) < 4.78 is 43.1. The maximum absolute atomic E-state index is 13.5. The number of nitrogens with one attached hydrogen (secondary N) is 3. The largest absolute Gasteiger partial charge is 0.458 e. The third-order valence-corrected chi connectivity index (χ3v) is 6.86. The molecule has 2 amide bonds. The summed E-state index contributed by atoms with van der Waals surface area (Å²) in [5.74, 6) is -1.11. The molecule has 0 fully saturated rings. The highest BCUT2D eigenvalue weighted by molar-refractivity contribution is 7.87. The molecule has 0 bridgehead atoms. The van der Waals surface area contributed by atoms with E-state index in [0.717, 1.165) is 16.9 Å². The summed E-state index contributed by atoms with van der Waals surface area (Å²) in [6, 6.07) is 13.5. The quantitative estimate of drug-likeness (QED) is 0.182. The lowest BCUT2D eigenvalue weighted by Gasteiger charge is -2.22. The van der Waals surface area contributed by atoms with E-state index in [0.29, 0.717) is 10.6 Å². The van der Waals surface area contributed by atoms with E-state index >= 15 is 0 Å². The summed E-state index contributed by atoms with van der Waals surface area (Å²) in [6.45, 7) is 3.44. The van der Waals surface area contributed by atoms with Crippen molar-refractivity contribution in [1.29, 1.82) is 0 Å². The molecule has 0 spiro atoms. The van der Waals surface area contributed by atoms with Gasteiger partial charge in [0.2, 0.25) is 5.91 Å². The molecular weight excluding hydrogens is 560 g/mol. The van der Waals surface area contributed by atoms with Crippen molar-refractivity contribution < 1.29 is 36.8 Å². The molecule has 0 radical (unpaired) electrons. The molecule has 3 rings (SSSR count). The average Bonchev–Trinajstić information content (AvgIpc) is 3.39. The van der Waals surface area contributed by atoms with Crippen molar-refractivity contribution in [3.8, 4) is 0 Å². The van der Waals surface area contributed by atoms with E-state index in [-0.39, 0.29) is 30.3 Å². The van der Waals surface area contributed by atoms with Crippen molar-refractivity contribution >= 4 is 45.3 Å².